The van der Waals surface area contributed by atoms with Crippen molar-refractivity contribution in [3.63, 3.8) is 0 Å². The van der Waals surface area contributed by atoms with Gasteiger partial charge in [0.15, 0.2) is 0 Å². The molecule has 0 amide bonds. The van der Waals surface area contributed by atoms with Gasteiger partial charge in [-0.2, -0.15) is 0 Å². The van der Waals surface area contributed by atoms with Crippen LogP contribution in [0.5, 0.6) is 0 Å². The topological polar surface area (TPSA) is 0 Å². The second kappa shape index (κ2) is 8.72. The fourth-order valence-electron chi connectivity index (χ4n) is 1.06. The molecule has 0 saturated heterocycles. The summed E-state index contributed by atoms with van der Waals surface area (Å²) in [6.07, 6.45) is 8.03. The van der Waals surface area contributed by atoms with Gasteiger partial charge in [0.25, 0.3) is 0 Å². The number of hydrogen-bond donors (Lipinski definition) is 0. The molecule has 0 aliphatic heterocycles. The average Bonchev–Trinajstić information content (AvgIpc) is 2.34. The van der Waals surface area contributed by atoms with E-state index in [1.165, 1.54) is 16.7 Å². The fraction of sp³-hybridized carbons (Fsp3) is 0.250. The zero-order valence-electron chi connectivity index (χ0n) is 10.8. The Labute approximate surface area is 100 Å². The van der Waals surface area contributed by atoms with Crippen LogP contribution in [0.25, 0.3) is 6.08 Å². The second-order valence-electron chi connectivity index (χ2n) is 3.38. The highest BCUT2D eigenvalue weighted by Gasteiger charge is 1.84. The molecule has 0 saturated carbocycles. The highest BCUT2D eigenvalue weighted by molar-refractivity contribution is 5.51. The standard InChI is InChI=1S/C14H16.C2H6/c1-4-12(2)6-5-7-14-10-8-13(3)9-11-14;1-2/h4-11H,1H2,2-3H3;1-2H3/b7-5+,12-6-;. The molecule has 0 heteroatoms. The number of aryl methyl sites for hydroxylation is 1. The number of rotatable bonds is 3. The first kappa shape index (κ1) is 14.4. The maximum absolute atomic E-state index is 3.70. The smallest absolute Gasteiger partial charge is 0.0256 e. The van der Waals surface area contributed by atoms with Crippen LogP contribution in [0, 0.1) is 6.92 Å². The monoisotopic (exact) mass is 214 g/mol. The van der Waals surface area contributed by atoms with Gasteiger partial charge in [0, 0.05) is 0 Å². The van der Waals surface area contributed by atoms with Crippen LogP contribution in [0.1, 0.15) is 31.9 Å². The summed E-state index contributed by atoms with van der Waals surface area (Å²) in [5, 5.41) is 0. The summed E-state index contributed by atoms with van der Waals surface area (Å²) in [7, 11) is 0. The Bertz CT molecular complexity index is 350. The SMILES string of the molecule is C=C/C(C)=C\C=C\c1ccc(C)cc1.CC. The van der Waals surface area contributed by atoms with Crippen LogP contribution < -0.4 is 0 Å². The zero-order chi connectivity index (χ0) is 12.4. The van der Waals surface area contributed by atoms with Gasteiger partial charge >= 0.3 is 0 Å². The lowest BCUT2D eigenvalue weighted by molar-refractivity contribution is 1.46. The van der Waals surface area contributed by atoms with Crippen molar-refractivity contribution >= 4 is 6.08 Å². The Balaban J connectivity index is 0.00000106. The molecule has 0 bridgehead atoms. The first-order valence-electron chi connectivity index (χ1n) is 5.76. The molecule has 0 aliphatic carbocycles. The average molecular weight is 214 g/mol. The molecule has 0 nitrogen and oxygen atoms in total. The van der Waals surface area contributed by atoms with E-state index >= 15 is 0 Å². The molecule has 0 aromatic heterocycles. The molecule has 0 aliphatic rings. The molecule has 0 fully saturated rings. The lowest BCUT2D eigenvalue weighted by Crippen LogP contribution is -1.72. The van der Waals surface area contributed by atoms with Crippen LogP contribution in [-0.4, -0.2) is 0 Å². The van der Waals surface area contributed by atoms with Crippen molar-refractivity contribution in [1.82, 2.24) is 0 Å². The van der Waals surface area contributed by atoms with Crippen molar-refractivity contribution in [1.29, 1.82) is 0 Å². The van der Waals surface area contributed by atoms with Gasteiger partial charge in [0.05, 0.1) is 0 Å². The maximum atomic E-state index is 3.70. The van der Waals surface area contributed by atoms with Crippen LogP contribution in [-0.2, 0) is 0 Å². The lowest BCUT2D eigenvalue weighted by atomic mass is 10.1. The lowest BCUT2D eigenvalue weighted by Gasteiger charge is -1.93. The summed E-state index contributed by atoms with van der Waals surface area (Å²) in [5.41, 5.74) is 3.69. The normalized spacial score (nSPS) is 10.9. The molecule has 0 unspecified atom stereocenters. The van der Waals surface area contributed by atoms with Crippen molar-refractivity contribution < 1.29 is 0 Å². The second-order valence-corrected chi connectivity index (χ2v) is 3.38. The van der Waals surface area contributed by atoms with E-state index in [0.29, 0.717) is 0 Å². The molecule has 0 heterocycles. The molecule has 1 rings (SSSR count). The molecule has 0 N–H and O–H groups in total. The van der Waals surface area contributed by atoms with Crippen LogP contribution in [0.4, 0.5) is 0 Å². The number of hydrogen-bond acceptors (Lipinski definition) is 0. The number of benzene rings is 1. The van der Waals surface area contributed by atoms with Gasteiger partial charge in [0.2, 0.25) is 0 Å². The summed E-state index contributed by atoms with van der Waals surface area (Å²) in [6, 6.07) is 8.46. The Morgan fingerprint density at radius 2 is 1.69 bits per heavy atom. The first-order chi connectivity index (χ1) is 7.72. The molecule has 0 atom stereocenters. The van der Waals surface area contributed by atoms with Crippen molar-refractivity contribution in [2.24, 2.45) is 0 Å². The third-order valence-electron chi connectivity index (χ3n) is 2.05. The van der Waals surface area contributed by atoms with Crippen LogP contribution in [0.15, 0.2) is 54.6 Å². The highest BCUT2D eigenvalue weighted by atomic mass is 13.9. The van der Waals surface area contributed by atoms with E-state index in [4.69, 9.17) is 0 Å². The molecule has 86 valence electrons. The minimum Gasteiger partial charge on any atom is -0.0988 e. The van der Waals surface area contributed by atoms with Gasteiger partial charge in [-0.05, 0) is 19.4 Å². The summed E-state index contributed by atoms with van der Waals surface area (Å²) in [6.45, 7) is 11.8. The van der Waals surface area contributed by atoms with E-state index in [9.17, 15) is 0 Å². The van der Waals surface area contributed by atoms with Crippen molar-refractivity contribution in [2.75, 3.05) is 0 Å². The maximum Gasteiger partial charge on any atom is -0.0256 e. The van der Waals surface area contributed by atoms with Crippen LogP contribution >= 0.6 is 0 Å². The largest absolute Gasteiger partial charge is 0.0988 e. The van der Waals surface area contributed by atoms with Crippen molar-refractivity contribution in [3.8, 4) is 0 Å². The van der Waals surface area contributed by atoms with Crippen LogP contribution in [0.2, 0.25) is 0 Å². The third kappa shape index (κ3) is 6.02. The summed E-state index contributed by atoms with van der Waals surface area (Å²) < 4.78 is 0. The number of allylic oxidation sites excluding steroid dienone is 4. The predicted octanol–water partition coefficient (Wildman–Crippen LogP) is 5.17. The van der Waals surface area contributed by atoms with E-state index < -0.39 is 0 Å². The molecular weight excluding hydrogens is 192 g/mol. The van der Waals surface area contributed by atoms with Gasteiger partial charge in [-0.3, -0.25) is 0 Å². The van der Waals surface area contributed by atoms with E-state index in [-0.39, 0.29) is 0 Å². The van der Waals surface area contributed by atoms with E-state index in [0.717, 1.165) is 0 Å². The minimum absolute atomic E-state index is 1.17. The Kier molecular flexibility index (Phi) is 7.87. The Hall–Kier alpha value is -1.56. The van der Waals surface area contributed by atoms with Crippen LogP contribution in [0.3, 0.4) is 0 Å². The van der Waals surface area contributed by atoms with Gasteiger partial charge in [0.1, 0.15) is 0 Å². The van der Waals surface area contributed by atoms with Crippen molar-refractivity contribution in [3.05, 3.63) is 65.8 Å². The quantitative estimate of drug-likeness (QED) is 0.609. The molecule has 1 aromatic rings. The van der Waals surface area contributed by atoms with E-state index in [1.807, 2.05) is 39.0 Å². The molecule has 0 radical (unpaired) electrons. The fourth-order valence-corrected chi connectivity index (χ4v) is 1.06. The minimum atomic E-state index is 1.17. The van der Waals surface area contributed by atoms with Gasteiger partial charge < -0.3 is 0 Å². The van der Waals surface area contributed by atoms with Crippen molar-refractivity contribution in [2.45, 2.75) is 27.7 Å². The summed E-state index contributed by atoms with van der Waals surface area (Å²) in [4.78, 5) is 0. The Morgan fingerprint density at radius 1 is 1.12 bits per heavy atom. The van der Waals surface area contributed by atoms with E-state index in [2.05, 4.69) is 43.8 Å². The summed E-state index contributed by atoms with van der Waals surface area (Å²) >= 11 is 0. The van der Waals surface area contributed by atoms with Gasteiger partial charge in [-0.25, -0.2) is 0 Å². The third-order valence-corrected chi connectivity index (χ3v) is 2.05. The van der Waals surface area contributed by atoms with Gasteiger partial charge in [-0.15, -0.1) is 0 Å². The molecule has 1 aromatic carbocycles. The van der Waals surface area contributed by atoms with Gasteiger partial charge in [-0.1, -0.05) is 80.1 Å². The highest BCUT2D eigenvalue weighted by Crippen LogP contribution is 2.05. The first-order valence-corrected chi connectivity index (χ1v) is 5.76. The summed E-state index contributed by atoms with van der Waals surface area (Å²) in [5.74, 6) is 0. The predicted molar refractivity (Wildman–Crippen MR) is 75.5 cm³/mol. The van der Waals surface area contributed by atoms with E-state index in [1.54, 1.807) is 0 Å². The molecule has 0 spiro atoms. The zero-order valence-corrected chi connectivity index (χ0v) is 10.8. The molecule has 16 heavy (non-hydrogen) atoms. The molecular formula is C16H22. The Morgan fingerprint density at radius 3 is 2.19 bits per heavy atom.